The average Bonchev–Trinajstić information content (AvgIpc) is 3.16. The minimum Gasteiger partial charge on any atom is -0.392 e. The third-order valence-corrected chi connectivity index (χ3v) is 5.37. The summed E-state index contributed by atoms with van der Waals surface area (Å²) < 4.78 is 0. The summed E-state index contributed by atoms with van der Waals surface area (Å²) in [5.41, 5.74) is 2.02. The lowest BCUT2D eigenvalue weighted by Crippen LogP contribution is -2.40. The third kappa shape index (κ3) is 6.14. The molecular weight excluding hydrogens is 366 g/mol. The fourth-order valence-electron chi connectivity index (χ4n) is 3.64. The van der Waals surface area contributed by atoms with Gasteiger partial charge in [0.15, 0.2) is 0 Å². The summed E-state index contributed by atoms with van der Waals surface area (Å²) in [6.07, 6.45) is 0.257. The molecule has 1 aliphatic heterocycles. The zero-order valence-electron chi connectivity index (χ0n) is 16.8. The topological polar surface area (TPSA) is 72.9 Å². The molecule has 29 heavy (non-hydrogen) atoms. The van der Waals surface area contributed by atoms with E-state index in [1.807, 2.05) is 60.7 Å². The number of β-amino-alcohol motifs (C(OH)–C–C–N with tert-alkyl or cyclic N) is 1. The number of benzene rings is 2. The highest BCUT2D eigenvalue weighted by atomic mass is 16.3. The van der Waals surface area contributed by atoms with Crippen LogP contribution in [0.5, 0.6) is 0 Å². The van der Waals surface area contributed by atoms with Crippen molar-refractivity contribution in [3.05, 3.63) is 71.8 Å². The van der Waals surface area contributed by atoms with Crippen LogP contribution in [0.15, 0.2) is 60.7 Å². The number of likely N-dealkylation sites (tertiary alicyclic amines) is 1. The Morgan fingerprint density at radius 3 is 2.41 bits per heavy atom. The maximum Gasteiger partial charge on any atom is 0.232 e. The van der Waals surface area contributed by atoms with Gasteiger partial charge in [0.2, 0.25) is 11.8 Å². The Morgan fingerprint density at radius 2 is 1.79 bits per heavy atom. The van der Waals surface area contributed by atoms with E-state index in [-0.39, 0.29) is 30.4 Å². The third-order valence-electron chi connectivity index (χ3n) is 5.37. The Hall–Kier alpha value is -2.70. The average molecular weight is 396 g/mol. The van der Waals surface area contributed by atoms with E-state index in [4.69, 9.17) is 0 Å². The lowest BCUT2D eigenvalue weighted by Gasteiger charge is -2.32. The van der Waals surface area contributed by atoms with Gasteiger partial charge in [-0.05, 0) is 17.5 Å². The first-order chi connectivity index (χ1) is 14.0. The number of nitrogens with zero attached hydrogens (tertiary/aromatic N) is 2. The first-order valence-corrected chi connectivity index (χ1v) is 10.0. The van der Waals surface area contributed by atoms with Crippen molar-refractivity contribution >= 4 is 11.8 Å². The van der Waals surface area contributed by atoms with Crippen molar-refractivity contribution < 1.29 is 14.7 Å². The smallest absolute Gasteiger partial charge is 0.232 e. The molecule has 6 nitrogen and oxygen atoms in total. The van der Waals surface area contributed by atoms with Crippen molar-refractivity contribution in [2.45, 2.75) is 31.5 Å². The normalized spacial score (nSPS) is 17.7. The summed E-state index contributed by atoms with van der Waals surface area (Å²) in [6.45, 7) is 2.46. The summed E-state index contributed by atoms with van der Waals surface area (Å²) in [4.78, 5) is 28.9. The summed E-state index contributed by atoms with van der Waals surface area (Å²) >= 11 is 0. The number of amides is 2. The molecule has 2 amide bonds. The molecule has 0 bridgehead atoms. The maximum atomic E-state index is 12.8. The van der Waals surface area contributed by atoms with Gasteiger partial charge in [-0.25, -0.2) is 0 Å². The van der Waals surface area contributed by atoms with Crippen LogP contribution in [0.1, 0.15) is 30.0 Å². The summed E-state index contributed by atoms with van der Waals surface area (Å²) in [5.74, 6) is -0.502. The Labute approximate surface area is 172 Å². The number of hydrogen-bond donors (Lipinski definition) is 2. The molecule has 0 aliphatic carbocycles. The number of likely N-dealkylation sites (N-methyl/N-ethyl adjacent to an activating group) is 1. The van der Waals surface area contributed by atoms with E-state index < -0.39 is 0 Å². The van der Waals surface area contributed by atoms with Crippen LogP contribution in [-0.2, 0) is 16.1 Å². The van der Waals surface area contributed by atoms with E-state index in [1.54, 1.807) is 11.9 Å². The van der Waals surface area contributed by atoms with Gasteiger partial charge in [-0.15, -0.1) is 0 Å². The predicted molar refractivity (Wildman–Crippen MR) is 112 cm³/mol. The van der Waals surface area contributed by atoms with E-state index in [9.17, 15) is 14.7 Å². The molecule has 2 N–H and O–H groups in total. The number of hydrogen-bond acceptors (Lipinski definition) is 4. The number of nitrogens with one attached hydrogen (secondary N) is 1. The zero-order chi connectivity index (χ0) is 20.6. The van der Waals surface area contributed by atoms with Crippen molar-refractivity contribution in [1.82, 2.24) is 15.1 Å². The van der Waals surface area contributed by atoms with Crippen molar-refractivity contribution in [3.8, 4) is 0 Å². The monoisotopic (exact) mass is 395 g/mol. The minimum absolute atomic E-state index is 0.170. The van der Waals surface area contributed by atoms with Gasteiger partial charge in [-0.1, -0.05) is 60.7 Å². The second-order valence-electron chi connectivity index (χ2n) is 7.57. The SMILES string of the molecule is CN(C(=O)CC(=O)NCc1ccccc1)[C@H](CN1CCC(O)C1)c1ccccc1. The van der Waals surface area contributed by atoms with Crippen LogP contribution in [0.2, 0.25) is 0 Å². The van der Waals surface area contributed by atoms with Crippen LogP contribution in [-0.4, -0.2) is 59.5 Å². The Bertz CT molecular complexity index is 798. The standard InChI is InChI=1S/C23H29N3O3/c1-25(23(29)14-22(28)24-15-18-8-4-2-5-9-18)21(19-10-6-3-7-11-19)17-26-13-12-20(27)16-26/h2-11,20-21,27H,12-17H2,1H3,(H,24,28)/t20?,21-/m1/s1. The highest BCUT2D eigenvalue weighted by Gasteiger charge is 2.28. The summed E-state index contributed by atoms with van der Waals surface area (Å²) in [7, 11) is 1.75. The van der Waals surface area contributed by atoms with E-state index in [1.165, 1.54) is 0 Å². The van der Waals surface area contributed by atoms with E-state index >= 15 is 0 Å². The van der Waals surface area contributed by atoms with Gasteiger partial charge < -0.3 is 15.3 Å². The van der Waals surface area contributed by atoms with Crippen LogP contribution in [0.4, 0.5) is 0 Å². The largest absolute Gasteiger partial charge is 0.392 e. The molecule has 0 aromatic heterocycles. The van der Waals surface area contributed by atoms with Crippen LogP contribution in [0, 0.1) is 0 Å². The highest BCUT2D eigenvalue weighted by Crippen LogP contribution is 2.23. The molecule has 3 rings (SSSR count). The van der Waals surface area contributed by atoms with Gasteiger partial charge in [0.1, 0.15) is 6.42 Å². The van der Waals surface area contributed by atoms with Crippen molar-refractivity contribution in [2.24, 2.45) is 0 Å². The molecule has 1 unspecified atom stereocenters. The molecule has 1 heterocycles. The van der Waals surface area contributed by atoms with Crippen molar-refractivity contribution in [1.29, 1.82) is 0 Å². The molecular formula is C23H29N3O3. The Balaban J connectivity index is 1.60. The number of aliphatic hydroxyl groups is 1. The number of carbonyl (C=O) groups is 2. The molecule has 6 heteroatoms. The molecule has 2 aromatic carbocycles. The van der Waals surface area contributed by atoms with Crippen molar-refractivity contribution in [2.75, 3.05) is 26.7 Å². The van der Waals surface area contributed by atoms with Gasteiger partial charge in [-0.2, -0.15) is 0 Å². The molecule has 1 saturated heterocycles. The Morgan fingerprint density at radius 1 is 1.14 bits per heavy atom. The molecule has 154 valence electrons. The second kappa shape index (κ2) is 10.2. The number of rotatable bonds is 8. The van der Waals surface area contributed by atoms with Crippen LogP contribution in [0.25, 0.3) is 0 Å². The second-order valence-corrected chi connectivity index (χ2v) is 7.57. The molecule has 2 atom stereocenters. The molecule has 1 fully saturated rings. The quantitative estimate of drug-likeness (QED) is 0.670. The van der Waals surface area contributed by atoms with E-state index in [0.717, 1.165) is 24.1 Å². The minimum atomic E-state index is -0.309. The first-order valence-electron chi connectivity index (χ1n) is 10.0. The van der Waals surface area contributed by atoms with Crippen molar-refractivity contribution in [3.63, 3.8) is 0 Å². The lowest BCUT2D eigenvalue weighted by atomic mass is 10.0. The molecule has 1 aliphatic rings. The molecule has 0 saturated carbocycles. The maximum absolute atomic E-state index is 12.8. The van der Waals surface area contributed by atoms with Gasteiger partial charge in [-0.3, -0.25) is 14.5 Å². The molecule has 2 aromatic rings. The molecule has 0 radical (unpaired) electrons. The number of aliphatic hydroxyl groups excluding tert-OH is 1. The van der Waals surface area contributed by atoms with Crippen LogP contribution in [0.3, 0.4) is 0 Å². The van der Waals surface area contributed by atoms with Gasteiger partial charge in [0.25, 0.3) is 0 Å². The fraction of sp³-hybridized carbons (Fsp3) is 0.391. The van der Waals surface area contributed by atoms with Gasteiger partial charge in [0.05, 0.1) is 12.1 Å². The summed E-state index contributed by atoms with van der Waals surface area (Å²) in [6, 6.07) is 19.3. The molecule has 0 spiro atoms. The Kier molecular flexibility index (Phi) is 7.38. The lowest BCUT2D eigenvalue weighted by molar-refractivity contribution is -0.137. The number of carbonyl (C=O) groups excluding carboxylic acids is 2. The van der Waals surface area contributed by atoms with Gasteiger partial charge in [0, 0.05) is 33.2 Å². The highest BCUT2D eigenvalue weighted by molar-refractivity contribution is 5.96. The fourth-order valence-corrected chi connectivity index (χ4v) is 3.64. The van der Waals surface area contributed by atoms with Crippen LogP contribution >= 0.6 is 0 Å². The zero-order valence-corrected chi connectivity index (χ0v) is 16.8. The first kappa shape index (κ1) is 21.0. The predicted octanol–water partition coefficient (Wildman–Crippen LogP) is 1.96. The van der Waals surface area contributed by atoms with E-state index in [2.05, 4.69) is 10.2 Å². The van der Waals surface area contributed by atoms with Gasteiger partial charge >= 0.3 is 0 Å². The van der Waals surface area contributed by atoms with E-state index in [0.29, 0.717) is 19.6 Å². The summed E-state index contributed by atoms with van der Waals surface area (Å²) in [5, 5.41) is 12.6. The van der Waals surface area contributed by atoms with Crippen LogP contribution < -0.4 is 5.32 Å².